The zero-order valence-corrected chi connectivity index (χ0v) is 58.0. The van der Waals surface area contributed by atoms with Gasteiger partial charge in [-0.15, -0.1) is 0 Å². The van der Waals surface area contributed by atoms with E-state index in [1.165, 1.54) is 0 Å². The van der Waals surface area contributed by atoms with Gasteiger partial charge in [-0.25, -0.2) is 0 Å². The van der Waals surface area contributed by atoms with Crippen LogP contribution in [0.5, 0.6) is 0 Å². The van der Waals surface area contributed by atoms with Gasteiger partial charge in [0, 0.05) is 0 Å². The molecule has 0 aromatic carbocycles. The standard InChI is InChI=1S/C60H102O51/c61-1-11-21(71)22(72)33(83)52(94-11)104-43-13(3-63)96-54(35(85)24(43)74)106-45-15(5-65)98-56(37(87)26(45)76)108-47-17(7-67)100-58(39(89)28(47)78)110-49-19(9-69)102-60(41(91)30(49)80)111-50-20(10-70)101-59(40(90)31(50)81)109-48-18(8-68)99-57(38(88)29(48)79)107-46-16(6-66)97-55(36(86)27(46)77)105-44-14(4-64)95-53(34(84)25(44)75)103-42-12(2-62)93-51(92)32(82)23(42)73/h11-92H,1-10H2/t11?,12?,13?,14?,15?,16?,17?,18?,19?,20?,21-,22+,23-,24-,25-,26-,27-,28-,29-,30-,31-,32?,33?,34?,35?,36?,37?,38?,39?,40?,41?,42-,43-,44-,45-,46-,47-,48-,49-,50-,51?,52-,53-,54-,55-,56-,57-,58-,59-,60-/m1/s1. The third-order valence-corrected chi connectivity index (χ3v) is 20.9. The van der Waals surface area contributed by atoms with Gasteiger partial charge in [-0.2, -0.15) is 0 Å². The molecule has 32 N–H and O–H groups in total. The van der Waals surface area contributed by atoms with Crippen molar-refractivity contribution in [2.24, 2.45) is 0 Å². The van der Waals surface area contributed by atoms with Crippen LogP contribution in [0, 0.1) is 0 Å². The van der Waals surface area contributed by atoms with Crippen LogP contribution < -0.4 is 0 Å². The summed E-state index contributed by atoms with van der Waals surface area (Å²) in [4.78, 5) is 0. The first-order valence-electron chi connectivity index (χ1n) is 35.2. The lowest BCUT2D eigenvalue weighted by atomic mass is 9.95. The molecule has 10 heterocycles. The number of aliphatic hydroxyl groups is 32. The van der Waals surface area contributed by atoms with Gasteiger partial charge in [-0.1, -0.05) is 0 Å². The second kappa shape index (κ2) is 39.4. The van der Waals surface area contributed by atoms with Crippen molar-refractivity contribution in [3.05, 3.63) is 0 Å². The van der Waals surface area contributed by atoms with Crippen LogP contribution in [0.15, 0.2) is 0 Å². The largest absolute Gasteiger partial charge is 0.394 e. The highest BCUT2D eigenvalue weighted by Gasteiger charge is 2.61. The molecule has 51 heteroatoms. The Hall–Kier alpha value is -2.04. The lowest BCUT2D eigenvalue weighted by molar-refractivity contribution is -0.400. The topological polar surface area (TPSA) is 823 Å². The van der Waals surface area contributed by atoms with E-state index >= 15 is 0 Å². The molecule has 0 amide bonds. The number of rotatable bonds is 28. The van der Waals surface area contributed by atoms with E-state index in [4.69, 9.17) is 90.0 Å². The minimum atomic E-state index is -2.32. The van der Waals surface area contributed by atoms with E-state index < -0.39 is 373 Å². The summed E-state index contributed by atoms with van der Waals surface area (Å²) < 4.78 is 106. The Morgan fingerprint density at radius 3 is 0.414 bits per heavy atom. The Bertz CT molecular complexity index is 2760. The molecule has 648 valence electrons. The van der Waals surface area contributed by atoms with Crippen molar-refractivity contribution in [3.8, 4) is 0 Å². The molecule has 0 saturated carbocycles. The molecule has 10 fully saturated rings. The summed E-state index contributed by atoms with van der Waals surface area (Å²) in [6.45, 7) is -10.5. The molecule has 10 aliphatic heterocycles. The van der Waals surface area contributed by atoms with Crippen molar-refractivity contribution in [1.29, 1.82) is 0 Å². The van der Waals surface area contributed by atoms with Crippen LogP contribution in [0.2, 0.25) is 0 Å². The summed E-state index contributed by atoms with van der Waals surface area (Å²) in [5, 5.41) is 345. The molecule has 0 aliphatic carbocycles. The van der Waals surface area contributed by atoms with Crippen molar-refractivity contribution in [2.45, 2.75) is 307 Å². The first-order valence-corrected chi connectivity index (χ1v) is 35.2. The van der Waals surface area contributed by atoms with Crippen molar-refractivity contribution in [1.82, 2.24) is 0 Å². The van der Waals surface area contributed by atoms with E-state index in [1.807, 2.05) is 0 Å². The number of aliphatic hydroxyl groups excluding tert-OH is 32. The van der Waals surface area contributed by atoms with E-state index in [0.29, 0.717) is 0 Å². The maximum absolute atomic E-state index is 11.5. The molecule has 0 bridgehead atoms. The lowest BCUT2D eigenvalue weighted by Crippen LogP contribution is -2.68. The predicted octanol–water partition coefficient (Wildman–Crippen LogP) is -22.8. The zero-order valence-electron chi connectivity index (χ0n) is 58.0. The molecule has 10 saturated heterocycles. The molecule has 0 aromatic rings. The van der Waals surface area contributed by atoms with E-state index in [-0.39, 0.29) is 0 Å². The van der Waals surface area contributed by atoms with E-state index in [0.717, 1.165) is 0 Å². The monoisotopic (exact) mass is 1640 g/mol. The Morgan fingerprint density at radius 1 is 0.135 bits per heavy atom. The van der Waals surface area contributed by atoms with Gasteiger partial charge in [0.1, 0.15) is 244 Å². The summed E-state index contributed by atoms with van der Waals surface area (Å²) in [6.07, 6.45) is -101. The minimum absolute atomic E-state index is 0.869. The first-order chi connectivity index (χ1) is 52.7. The van der Waals surface area contributed by atoms with Crippen LogP contribution in [0.1, 0.15) is 0 Å². The fraction of sp³-hybridized carbons (Fsp3) is 1.00. The molecule has 111 heavy (non-hydrogen) atoms. The van der Waals surface area contributed by atoms with E-state index in [1.54, 1.807) is 0 Å². The van der Waals surface area contributed by atoms with Crippen LogP contribution in [0.3, 0.4) is 0 Å². The highest BCUT2D eigenvalue weighted by molar-refractivity contribution is 5.03. The number of hydrogen-bond donors (Lipinski definition) is 32. The maximum atomic E-state index is 11.5. The molecular weight excluding hydrogens is 1540 g/mol. The zero-order chi connectivity index (χ0) is 81.4. The normalized spacial score (nSPS) is 53.7. The Balaban J connectivity index is 0.705. The van der Waals surface area contributed by atoms with Crippen molar-refractivity contribution >= 4 is 0 Å². The lowest BCUT2D eigenvalue weighted by Gasteiger charge is -2.50. The number of ether oxygens (including phenoxy) is 19. The van der Waals surface area contributed by atoms with Gasteiger partial charge in [0.25, 0.3) is 0 Å². The molecule has 0 radical (unpaired) electrons. The van der Waals surface area contributed by atoms with Gasteiger partial charge >= 0.3 is 0 Å². The molecule has 0 spiro atoms. The van der Waals surface area contributed by atoms with Crippen LogP contribution in [-0.4, -0.2) is 537 Å². The van der Waals surface area contributed by atoms with Crippen LogP contribution >= 0.6 is 0 Å². The average molecular weight is 1640 g/mol. The van der Waals surface area contributed by atoms with Crippen LogP contribution in [-0.2, 0) is 90.0 Å². The Morgan fingerprint density at radius 2 is 0.261 bits per heavy atom. The van der Waals surface area contributed by atoms with Gasteiger partial charge in [-0.3, -0.25) is 0 Å². The first kappa shape index (κ1) is 91.3. The second-order valence-electron chi connectivity index (χ2n) is 28.0. The maximum Gasteiger partial charge on any atom is 0.187 e. The van der Waals surface area contributed by atoms with Gasteiger partial charge < -0.3 is 253 Å². The van der Waals surface area contributed by atoms with Gasteiger partial charge in [0.05, 0.1) is 66.1 Å². The fourth-order valence-electron chi connectivity index (χ4n) is 14.5. The highest BCUT2D eigenvalue weighted by atomic mass is 16.8. The predicted molar refractivity (Wildman–Crippen MR) is 330 cm³/mol. The Kier molecular flexibility index (Phi) is 32.4. The molecule has 21 unspecified atom stereocenters. The van der Waals surface area contributed by atoms with Gasteiger partial charge in [0.2, 0.25) is 0 Å². The van der Waals surface area contributed by atoms with Crippen LogP contribution in [0.25, 0.3) is 0 Å². The molecule has 10 aliphatic rings. The molecular formula is C60H102O51. The second-order valence-corrected chi connectivity index (χ2v) is 28.0. The molecule has 0 aromatic heterocycles. The highest BCUT2D eigenvalue weighted by Crippen LogP contribution is 2.41. The van der Waals surface area contributed by atoms with Crippen molar-refractivity contribution in [2.75, 3.05) is 66.1 Å². The fourth-order valence-corrected chi connectivity index (χ4v) is 14.5. The summed E-state index contributed by atoms with van der Waals surface area (Å²) in [5.41, 5.74) is 0. The molecule has 50 atom stereocenters. The van der Waals surface area contributed by atoms with E-state index in [2.05, 4.69) is 0 Å². The van der Waals surface area contributed by atoms with Crippen LogP contribution in [0.4, 0.5) is 0 Å². The third-order valence-electron chi connectivity index (χ3n) is 20.9. The van der Waals surface area contributed by atoms with Crippen molar-refractivity contribution in [3.63, 3.8) is 0 Å². The summed E-state index contributed by atoms with van der Waals surface area (Å²) in [6, 6.07) is 0. The van der Waals surface area contributed by atoms with Gasteiger partial charge in [0.15, 0.2) is 62.9 Å². The molecule has 10 rings (SSSR count). The third kappa shape index (κ3) is 18.8. The smallest absolute Gasteiger partial charge is 0.187 e. The number of hydrogen-bond acceptors (Lipinski definition) is 51. The van der Waals surface area contributed by atoms with Crippen molar-refractivity contribution < 1.29 is 253 Å². The Labute approximate surface area is 625 Å². The SMILES string of the molecule is OCC1O[C@H](O[C@@H]2C(CO)O[C@H](O[C@@H]3C(CO)O[C@H](O[C@@H]4C(CO)O[C@H](O[C@@H]5C(CO)O[C@H](O[C@@H]6C(CO)O[C@H](O[C@@H]7C(CO)O[C@H](O[C@@H]8C(CO)O[C@H](O[C@@H]9C(CO)O[C@H](O[C@@H]%10C(CO)OC(O)C(O)[C@H]%10O)C(O)[C@H]9O)C(O)[C@H]8O)C(O)[C@H]7O)C(O)[C@H]6O)C(O)[C@H]5O)C(O)[C@H]4O)C(O)[C@H]3O)C(O)[C@H]2O)C(O)[C@@H](O)[C@@H]1O. The quantitative estimate of drug-likeness (QED) is 0.0346. The molecule has 51 nitrogen and oxygen atoms in total. The van der Waals surface area contributed by atoms with Gasteiger partial charge in [-0.05, 0) is 0 Å². The minimum Gasteiger partial charge on any atom is -0.394 e. The summed E-state index contributed by atoms with van der Waals surface area (Å²) in [7, 11) is 0. The summed E-state index contributed by atoms with van der Waals surface area (Å²) in [5.74, 6) is 0. The summed E-state index contributed by atoms with van der Waals surface area (Å²) >= 11 is 0. The average Bonchev–Trinajstić information content (AvgIpc) is 0.774. The van der Waals surface area contributed by atoms with E-state index in [9.17, 15) is 163 Å².